The van der Waals surface area contributed by atoms with Crippen molar-refractivity contribution < 1.29 is 14.4 Å². The zero-order valence-corrected chi connectivity index (χ0v) is 11.5. The second kappa shape index (κ2) is 7.70. The third-order valence-corrected chi connectivity index (χ3v) is 2.67. The van der Waals surface area contributed by atoms with Crippen LogP contribution in [0.5, 0.6) is 5.75 Å². The van der Waals surface area contributed by atoms with E-state index in [-0.39, 0.29) is 17.5 Å². The molecule has 0 aliphatic rings. The van der Waals surface area contributed by atoms with Gasteiger partial charge in [0.1, 0.15) is 0 Å². The Balaban J connectivity index is 2.64. The molecule has 0 saturated carbocycles. The van der Waals surface area contributed by atoms with E-state index in [1.54, 1.807) is 6.07 Å². The lowest BCUT2D eigenvalue weighted by atomic mass is 10.1. The summed E-state index contributed by atoms with van der Waals surface area (Å²) < 4.78 is 10.2. The fourth-order valence-corrected chi connectivity index (χ4v) is 1.63. The van der Waals surface area contributed by atoms with Crippen molar-refractivity contribution in [2.24, 2.45) is 0 Å². The molecular formula is C13H20N2O4. The minimum atomic E-state index is -0.439. The third-order valence-electron chi connectivity index (χ3n) is 2.67. The van der Waals surface area contributed by atoms with Gasteiger partial charge in [-0.3, -0.25) is 10.1 Å². The molecule has 1 aromatic carbocycles. The first kappa shape index (κ1) is 15.4. The quantitative estimate of drug-likeness (QED) is 0.577. The zero-order chi connectivity index (χ0) is 14.3. The smallest absolute Gasteiger partial charge is 0.311 e. The van der Waals surface area contributed by atoms with E-state index in [9.17, 15) is 10.1 Å². The van der Waals surface area contributed by atoms with Crippen LogP contribution in [-0.4, -0.2) is 31.3 Å². The van der Waals surface area contributed by atoms with Crippen LogP contribution in [0.25, 0.3) is 0 Å². The second-order valence-electron chi connectivity index (χ2n) is 4.20. The monoisotopic (exact) mass is 268 g/mol. The number of hydrogen-bond acceptors (Lipinski definition) is 5. The Morgan fingerprint density at radius 3 is 2.79 bits per heavy atom. The summed E-state index contributed by atoms with van der Waals surface area (Å²) in [4.78, 5) is 10.5. The third kappa shape index (κ3) is 4.84. The maximum atomic E-state index is 10.9. The molecular weight excluding hydrogens is 248 g/mol. The average molecular weight is 268 g/mol. The van der Waals surface area contributed by atoms with Gasteiger partial charge in [0.2, 0.25) is 0 Å². The van der Waals surface area contributed by atoms with E-state index in [0.29, 0.717) is 19.8 Å². The minimum Gasteiger partial charge on any atom is -0.490 e. The SMILES string of the molecule is CCOCC(C)NCc1ccc(OC)c([N+](=O)[O-])c1. The van der Waals surface area contributed by atoms with Crippen LogP contribution in [0.1, 0.15) is 19.4 Å². The second-order valence-corrected chi connectivity index (χ2v) is 4.20. The molecule has 1 N–H and O–H groups in total. The van der Waals surface area contributed by atoms with E-state index in [2.05, 4.69) is 5.32 Å². The molecule has 0 spiro atoms. The number of methoxy groups -OCH3 is 1. The molecule has 0 amide bonds. The van der Waals surface area contributed by atoms with Gasteiger partial charge >= 0.3 is 5.69 Å². The van der Waals surface area contributed by atoms with Gasteiger partial charge in [0.15, 0.2) is 5.75 Å². The minimum absolute atomic E-state index is 0.0146. The van der Waals surface area contributed by atoms with Crippen molar-refractivity contribution in [3.8, 4) is 5.75 Å². The standard InChI is InChI=1S/C13H20N2O4/c1-4-19-9-10(2)14-8-11-5-6-13(18-3)12(7-11)15(16)17/h5-7,10,14H,4,8-9H2,1-3H3. The van der Waals surface area contributed by atoms with E-state index in [1.807, 2.05) is 19.9 Å². The highest BCUT2D eigenvalue weighted by Gasteiger charge is 2.15. The van der Waals surface area contributed by atoms with Gasteiger partial charge in [-0.1, -0.05) is 6.07 Å². The van der Waals surface area contributed by atoms with Crippen molar-refractivity contribution in [3.63, 3.8) is 0 Å². The maximum Gasteiger partial charge on any atom is 0.311 e. The summed E-state index contributed by atoms with van der Waals surface area (Å²) in [5, 5.41) is 14.1. The number of nitrogens with one attached hydrogen (secondary N) is 1. The lowest BCUT2D eigenvalue weighted by molar-refractivity contribution is -0.385. The van der Waals surface area contributed by atoms with Crippen molar-refractivity contribution in [1.29, 1.82) is 0 Å². The normalized spacial score (nSPS) is 12.2. The van der Waals surface area contributed by atoms with Crippen LogP contribution in [0.15, 0.2) is 18.2 Å². The van der Waals surface area contributed by atoms with Crippen LogP contribution in [0.3, 0.4) is 0 Å². The molecule has 1 unspecified atom stereocenters. The predicted molar refractivity (Wildman–Crippen MR) is 72.4 cm³/mol. The topological polar surface area (TPSA) is 73.6 Å². The molecule has 0 aliphatic heterocycles. The summed E-state index contributed by atoms with van der Waals surface area (Å²) >= 11 is 0. The van der Waals surface area contributed by atoms with Crippen LogP contribution in [0.2, 0.25) is 0 Å². The van der Waals surface area contributed by atoms with Crippen LogP contribution in [0, 0.1) is 10.1 Å². The van der Waals surface area contributed by atoms with Crippen LogP contribution >= 0.6 is 0 Å². The Hall–Kier alpha value is -1.66. The number of benzene rings is 1. The molecule has 106 valence electrons. The lowest BCUT2D eigenvalue weighted by Crippen LogP contribution is -2.30. The fraction of sp³-hybridized carbons (Fsp3) is 0.538. The largest absolute Gasteiger partial charge is 0.490 e. The Morgan fingerprint density at radius 1 is 1.47 bits per heavy atom. The molecule has 0 saturated heterocycles. The van der Waals surface area contributed by atoms with Gasteiger partial charge in [-0.05, 0) is 25.5 Å². The summed E-state index contributed by atoms with van der Waals surface area (Å²) in [5.41, 5.74) is 0.829. The van der Waals surface area contributed by atoms with Crippen LogP contribution in [-0.2, 0) is 11.3 Å². The fourth-order valence-electron chi connectivity index (χ4n) is 1.63. The van der Waals surface area contributed by atoms with Gasteiger partial charge in [0.05, 0.1) is 18.6 Å². The summed E-state index contributed by atoms with van der Waals surface area (Å²) in [6, 6.07) is 5.15. The number of nitrogens with zero attached hydrogens (tertiary/aromatic N) is 1. The van der Waals surface area contributed by atoms with Crippen molar-refractivity contribution in [2.75, 3.05) is 20.3 Å². The van der Waals surface area contributed by atoms with Gasteiger partial charge in [-0.2, -0.15) is 0 Å². The summed E-state index contributed by atoms with van der Waals surface area (Å²) in [5.74, 6) is 0.274. The van der Waals surface area contributed by atoms with Crippen molar-refractivity contribution in [2.45, 2.75) is 26.4 Å². The van der Waals surface area contributed by atoms with E-state index < -0.39 is 4.92 Å². The van der Waals surface area contributed by atoms with Gasteiger partial charge in [-0.15, -0.1) is 0 Å². The van der Waals surface area contributed by atoms with Crippen molar-refractivity contribution >= 4 is 5.69 Å². The predicted octanol–water partition coefficient (Wildman–Crippen LogP) is 2.12. The van der Waals surface area contributed by atoms with Crippen molar-refractivity contribution in [3.05, 3.63) is 33.9 Å². The summed E-state index contributed by atoms with van der Waals surface area (Å²) in [6.45, 7) is 5.81. The van der Waals surface area contributed by atoms with E-state index >= 15 is 0 Å². The average Bonchev–Trinajstić information content (AvgIpc) is 2.42. The molecule has 19 heavy (non-hydrogen) atoms. The number of hydrogen-bond donors (Lipinski definition) is 1. The highest BCUT2D eigenvalue weighted by Crippen LogP contribution is 2.27. The molecule has 1 atom stereocenters. The molecule has 0 radical (unpaired) electrons. The van der Waals surface area contributed by atoms with Gasteiger partial charge in [0, 0.05) is 25.3 Å². The highest BCUT2D eigenvalue weighted by molar-refractivity contribution is 5.48. The number of rotatable bonds is 8. The first-order valence-electron chi connectivity index (χ1n) is 6.20. The molecule has 0 fully saturated rings. The van der Waals surface area contributed by atoms with E-state index in [4.69, 9.17) is 9.47 Å². The van der Waals surface area contributed by atoms with E-state index in [0.717, 1.165) is 5.56 Å². The Labute approximate surface area is 112 Å². The summed E-state index contributed by atoms with van der Waals surface area (Å²) in [7, 11) is 1.42. The molecule has 1 rings (SSSR count). The molecule has 0 aromatic heterocycles. The maximum absolute atomic E-state index is 10.9. The molecule has 1 aromatic rings. The first-order valence-corrected chi connectivity index (χ1v) is 6.20. The molecule has 0 bridgehead atoms. The number of nitro benzene ring substituents is 1. The molecule has 0 heterocycles. The number of ether oxygens (including phenoxy) is 2. The highest BCUT2D eigenvalue weighted by atomic mass is 16.6. The summed E-state index contributed by atoms with van der Waals surface area (Å²) in [6.07, 6.45) is 0. The Bertz CT molecular complexity index is 423. The first-order chi connectivity index (χ1) is 9.08. The molecule has 6 heteroatoms. The van der Waals surface area contributed by atoms with E-state index in [1.165, 1.54) is 13.2 Å². The van der Waals surface area contributed by atoms with Crippen molar-refractivity contribution in [1.82, 2.24) is 5.32 Å². The van der Waals surface area contributed by atoms with Gasteiger partial charge in [0.25, 0.3) is 0 Å². The van der Waals surface area contributed by atoms with Crippen LogP contribution in [0.4, 0.5) is 5.69 Å². The lowest BCUT2D eigenvalue weighted by Gasteiger charge is -2.13. The van der Waals surface area contributed by atoms with Gasteiger partial charge in [-0.25, -0.2) is 0 Å². The Kier molecular flexibility index (Phi) is 6.24. The Morgan fingerprint density at radius 2 is 2.21 bits per heavy atom. The van der Waals surface area contributed by atoms with Crippen LogP contribution < -0.4 is 10.1 Å². The van der Waals surface area contributed by atoms with Gasteiger partial charge < -0.3 is 14.8 Å². The zero-order valence-electron chi connectivity index (χ0n) is 11.5. The molecule has 0 aliphatic carbocycles. The number of nitro groups is 1. The molecule has 6 nitrogen and oxygen atoms in total.